The number of aromatic nitrogens is 2. The fourth-order valence-electron chi connectivity index (χ4n) is 2.98. The van der Waals surface area contributed by atoms with Crippen LogP contribution in [-0.2, 0) is 6.54 Å². The molecule has 2 atom stereocenters. The monoisotopic (exact) mass is 292 g/mol. The minimum Gasteiger partial charge on any atom is -0.330 e. The van der Waals surface area contributed by atoms with Gasteiger partial charge < -0.3 is 10.1 Å². The van der Waals surface area contributed by atoms with Crippen molar-refractivity contribution in [1.29, 1.82) is 0 Å². The molecule has 3 rings (SSSR count). The van der Waals surface area contributed by atoms with Crippen molar-refractivity contribution >= 4 is 17.2 Å². The van der Waals surface area contributed by atoms with Crippen LogP contribution in [0.1, 0.15) is 25.5 Å². The van der Waals surface area contributed by atoms with E-state index < -0.39 is 0 Å². The summed E-state index contributed by atoms with van der Waals surface area (Å²) in [6.07, 6.45) is 6.44. The van der Waals surface area contributed by atoms with Crippen molar-refractivity contribution < 1.29 is 0 Å². The molecular formula is C15H21ClN4. The van der Waals surface area contributed by atoms with E-state index in [1.165, 1.54) is 12.8 Å². The van der Waals surface area contributed by atoms with Crippen LogP contribution >= 0.6 is 11.6 Å². The van der Waals surface area contributed by atoms with Crippen LogP contribution in [0.25, 0.3) is 5.65 Å². The minimum atomic E-state index is 0.603. The number of hydrogen-bond donors (Lipinski definition) is 1. The molecule has 0 bridgehead atoms. The van der Waals surface area contributed by atoms with Gasteiger partial charge in [0.15, 0.2) is 0 Å². The van der Waals surface area contributed by atoms with Crippen LogP contribution in [0, 0.1) is 5.92 Å². The van der Waals surface area contributed by atoms with Gasteiger partial charge in [-0.05, 0) is 44.4 Å². The molecule has 0 aromatic carbocycles. The number of nitrogens with zero attached hydrogens (tertiary/aromatic N) is 3. The van der Waals surface area contributed by atoms with Crippen molar-refractivity contribution in [2.75, 3.05) is 13.1 Å². The van der Waals surface area contributed by atoms with Gasteiger partial charge in [0.05, 0.1) is 10.7 Å². The summed E-state index contributed by atoms with van der Waals surface area (Å²) >= 11 is 6.01. The molecule has 0 saturated carbocycles. The summed E-state index contributed by atoms with van der Waals surface area (Å²) in [5.74, 6) is 0.623. The molecule has 2 aromatic heterocycles. The number of imidazole rings is 1. The number of rotatable bonds is 3. The lowest BCUT2D eigenvalue weighted by atomic mass is 9.93. The van der Waals surface area contributed by atoms with Gasteiger partial charge in [0.1, 0.15) is 5.65 Å². The first kappa shape index (κ1) is 13.9. The standard InChI is InChI=1S/C15H21ClN4/c1-11-2-3-12(6-17)7-19(11)9-14-10-20-8-13(16)4-5-15(20)18-14/h4-5,8,10-12H,2-3,6-7,9,17H2,1H3. The molecule has 1 aliphatic heterocycles. The van der Waals surface area contributed by atoms with E-state index >= 15 is 0 Å². The van der Waals surface area contributed by atoms with Crippen LogP contribution in [-0.4, -0.2) is 33.4 Å². The molecule has 20 heavy (non-hydrogen) atoms. The zero-order valence-corrected chi connectivity index (χ0v) is 12.6. The first-order valence-corrected chi connectivity index (χ1v) is 7.60. The molecule has 1 saturated heterocycles. The number of fused-ring (bicyclic) bond motifs is 1. The first-order chi connectivity index (χ1) is 9.65. The molecular weight excluding hydrogens is 272 g/mol. The van der Waals surface area contributed by atoms with Crippen molar-refractivity contribution in [1.82, 2.24) is 14.3 Å². The van der Waals surface area contributed by atoms with Gasteiger partial charge in [0, 0.05) is 31.5 Å². The van der Waals surface area contributed by atoms with E-state index in [9.17, 15) is 0 Å². The largest absolute Gasteiger partial charge is 0.330 e. The third-order valence-electron chi connectivity index (χ3n) is 4.27. The molecule has 108 valence electrons. The Morgan fingerprint density at radius 3 is 3.00 bits per heavy atom. The summed E-state index contributed by atoms with van der Waals surface area (Å²) < 4.78 is 1.99. The topological polar surface area (TPSA) is 46.6 Å². The summed E-state index contributed by atoms with van der Waals surface area (Å²) in [7, 11) is 0. The molecule has 2 N–H and O–H groups in total. The predicted octanol–water partition coefficient (Wildman–Crippen LogP) is 2.55. The van der Waals surface area contributed by atoms with Crippen molar-refractivity contribution in [3.8, 4) is 0 Å². The Morgan fingerprint density at radius 1 is 1.35 bits per heavy atom. The lowest BCUT2D eigenvalue weighted by molar-refractivity contribution is 0.112. The minimum absolute atomic E-state index is 0.603. The van der Waals surface area contributed by atoms with Gasteiger partial charge in [-0.1, -0.05) is 11.6 Å². The second-order valence-corrected chi connectivity index (χ2v) is 6.24. The molecule has 2 aromatic rings. The van der Waals surface area contributed by atoms with E-state index in [-0.39, 0.29) is 0 Å². The van der Waals surface area contributed by atoms with Gasteiger partial charge in [-0.2, -0.15) is 0 Å². The molecule has 0 spiro atoms. The van der Waals surface area contributed by atoms with E-state index in [4.69, 9.17) is 17.3 Å². The maximum absolute atomic E-state index is 6.01. The third-order valence-corrected chi connectivity index (χ3v) is 4.50. The number of hydrogen-bond acceptors (Lipinski definition) is 3. The highest BCUT2D eigenvalue weighted by molar-refractivity contribution is 6.30. The maximum atomic E-state index is 6.01. The Bertz CT molecular complexity index is 595. The summed E-state index contributed by atoms with van der Waals surface area (Å²) in [6, 6.07) is 4.43. The number of piperidine rings is 1. The van der Waals surface area contributed by atoms with Crippen LogP contribution < -0.4 is 5.73 Å². The fourth-order valence-corrected chi connectivity index (χ4v) is 3.14. The predicted molar refractivity (Wildman–Crippen MR) is 81.9 cm³/mol. The average molecular weight is 293 g/mol. The molecule has 3 heterocycles. The lowest BCUT2D eigenvalue weighted by Crippen LogP contribution is -2.43. The van der Waals surface area contributed by atoms with E-state index in [0.717, 1.165) is 36.0 Å². The van der Waals surface area contributed by atoms with Crippen molar-refractivity contribution in [2.45, 2.75) is 32.4 Å². The summed E-state index contributed by atoms with van der Waals surface area (Å²) in [4.78, 5) is 7.16. The Kier molecular flexibility index (Phi) is 3.96. The highest BCUT2D eigenvalue weighted by Crippen LogP contribution is 2.23. The van der Waals surface area contributed by atoms with E-state index in [2.05, 4.69) is 23.0 Å². The molecule has 4 nitrogen and oxygen atoms in total. The number of nitrogens with two attached hydrogens (primary N) is 1. The van der Waals surface area contributed by atoms with Crippen molar-refractivity contribution in [2.24, 2.45) is 11.7 Å². The Balaban J connectivity index is 1.77. The normalized spacial score (nSPS) is 24.4. The Labute approximate surface area is 124 Å². The van der Waals surface area contributed by atoms with Gasteiger partial charge >= 0.3 is 0 Å². The quantitative estimate of drug-likeness (QED) is 0.946. The number of pyridine rings is 1. The molecule has 1 aliphatic rings. The van der Waals surface area contributed by atoms with Gasteiger partial charge in [0.25, 0.3) is 0 Å². The second kappa shape index (κ2) is 5.72. The van der Waals surface area contributed by atoms with Crippen LogP contribution in [0.3, 0.4) is 0 Å². The number of likely N-dealkylation sites (tertiary alicyclic amines) is 1. The second-order valence-electron chi connectivity index (χ2n) is 5.80. The summed E-state index contributed by atoms with van der Waals surface area (Å²) in [5.41, 5.74) is 7.86. The van der Waals surface area contributed by atoms with E-state index in [1.807, 2.05) is 22.7 Å². The SMILES string of the molecule is CC1CCC(CN)CN1Cc1cn2cc(Cl)ccc2n1. The van der Waals surface area contributed by atoms with E-state index in [0.29, 0.717) is 12.0 Å². The fraction of sp³-hybridized carbons (Fsp3) is 0.533. The van der Waals surface area contributed by atoms with Crippen molar-refractivity contribution in [3.05, 3.63) is 35.2 Å². The van der Waals surface area contributed by atoms with Crippen LogP contribution in [0.2, 0.25) is 5.02 Å². The number of halogens is 1. The van der Waals surface area contributed by atoms with Crippen molar-refractivity contribution in [3.63, 3.8) is 0 Å². The summed E-state index contributed by atoms with van der Waals surface area (Å²) in [6.45, 7) is 5.03. The zero-order chi connectivity index (χ0) is 14.1. The molecule has 5 heteroatoms. The lowest BCUT2D eigenvalue weighted by Gasteiger charge is -2.37. The smallest absolute Gasteiger partial charge is 0.137 e. The van der Waals surface area contributed by atoms with Gasteiger partial charge in [-0.15, -0.1) is 0 Å². The molecule has 0 aliphatic carbocycles. The van der Waals surface area contributed by atoms with Crippen LogP contribution in [0.15, 0.2) is 24.5 Å². The van der Waals surface area contributed by atoms with Crippen LogP contribution in [0.4, 0.5) is 0 Å². The van der Waals surface area contributed by atoms with Crippen LogP contribution in [0.5, 0.6) is 0 Å². The van der Waals surface area contributed by atoms with Gasteiger partial charge in [-0.25, -0.2) is 4.98 Å². The molecule has 2 unspecified atom stereocenters. The van der Waals surface area contributed by atoms with E-state index in [1.54, 1.807) is 0 Å². The third kappa shape index (κ3) is 2.82. The average Bonchev–Trinajstić information content (AvgIpc) is 2.82. The van der Waals surface area contributed by atoms with Gasteiger partial charge in [-0.3, -0.25) is 4.90 Å². The molecule has 0 radical (unpaired) electrons. The molecule has 1 fully saturated rings. The highest BCUT2D eigenvalue weighted by atomic mass is 35.5. The Morgan fingerprint density at radius 2 is 2.20 bits per heavy atom. The zero-order valence-electron chi connectivity index (χ0n) is 11.8. The molecule has 0 amide bonds. The van der Waals surface area contributed by atoms with Gasteiger partial charge in [0.2, 0.25) is 0 Å². The summed E-state index contributed by atoms with van der Waals surface area (Å²) in [5, 5.41) is 0.732. The maximum Gasteiger partial charge on any atom is 0.137 e. The highest BCUT2D eigenvalue weighted by Gasteiger charge is 2.25. The first-order valence-electron chi connectivity index (χ1n) is 7.23. The Hall–Kier alpha value is -1.10.